The minimum absolute atomic E-state index is 0.00435. The summed E-state index contributed by atoms with van der Waals surface area (Å²) in [5.74, 6) is -1.17. The van der Waals surface area contributed by atoms with Crippen LogP contribution in [0.1, 0.15) is 47.9 Å². The van der Waals surface area contributed by atoms with Crippen molar-refractivity contribution in [3.05, 3.63) is 150 Å². The quantitative estimate of drug-likeness (QED) is 0.0795. The molecular weight excluding hydrogens is 679 g/mol. The number of hydrogen-bond donors (Lipinski definition) is 4. The zero-order valence-corrected chi connectivity index (χ0v) is 30.5. The molecule has 0 radical (unpaired) electrons. The van der Waals surface area contributed by atoms with Crippen molar-refractivity contribution in [2.24, 2.45) is 11.8 Å². The van der Waals surface area contributed by atoms with E-state index in [-0.39, 0.29) is 43.3 Å². The van der Waals surface area contributed by atoms with Gasteiger partial charge in [0.1, 0.15) is 19.0 Å². The van der Waals surface area contributed by atoms with E-state index in [4.69, 9.17) is 9.47 Å². The van der Waals surface area contributed by atoms with Gasteiger partial charge in [0.05, 0.1) is 30.5 Å². The van der Waals surface area contributed by atoms with Gasteiger partial charge in [0.15, 0.2) is 0 Å². The smallest absolute Gasteiger partial charge is 0.309 e. The third-order valence-corrected chi connectivity index (χ3v) is 9.88. The lowest BCUT2D eigenvalue weighted by atomic mass is 9.94. The van der Waals surface area contributed by atoms with Crippen molar-refractivity contribution >= 4 is 28.7 Å². The van der Waals surface area contributed by atoms with Gasteiger partial charge in [-0.15, -0.1) is 0 Å². The highest BCUT2D eigenvalue weighted by Gasteiger charge is 2.28. The van der Waals surface area contributed by atoms with Crippen molar-refractivity contribution in [1.29, 1.82) is 0 Å². The van der Waals surface area contributed by atoms with Crippen LogP contribution in [-0.4, -0.2) is 53.2 Å². The molecule has 54 heavy (non-hydrogen) atoms. The number of carbonyl (C=O) groups excluding carboxylic acids is 3. The Morgan fingerprint density at radius 2 is 1.56 bits per heavy atom. The minimum atomic E-state index is -0.663. The summed E-state index contributed by atoms with van der Waals surface area (Å²) >= 11 is 0. The number of cyclic esters (lactones) is 1. The fourth-order valence-electron chi connectivity index (χ4n) is 6.92. The van der Waals surface area contributed by atoms with Crippen LogP contribution in [0.2, 0.25) is 0 Å². The van der Waals surface area contributed by atoms with Crippen molar-refractivity contribution in [3.8, 4) is 5.75 Å². The second kappa shape index (κ2) is 19.4. The number of aliphatic hydroxyl groups excluding tert-OH is 1. The van der Waals surface area contributed by atoms with Crippen LogP contribution in [-0.2, 0) is 45.0 Å². The summed E-state index contributed by atoms with van der Waals surface area (Å²) in [6.07, 6.45) is 8.77. The maximum absolute atomic E-state index is 13.9. The first-order valence-electron chi connectivity index (χ1n) is 18.8. The summed E-state index contributed by atoms with van der Waals surface area (Å²) in [5.41, 5.74) is 5.05. The van der Waals surface area contributed by atoms with Crippen LogP contribution < -0.4 is 15.4 Å². The molecule has 0 saturated carbocycles. The van der Waals surface area contributed by atoms with Crippen LogP contribution in [0.25, 0.3) is 10.9 Å². The predicted octanol–water partition coefficient (Wildman–Crippen LogP) is 6.64. The lowest BCUT2D eigenvalue weighted by Crippen LogP contribution is -2.45. The average molecular weight is 728 g/mol. The number of amides is 2. The molecule has 0 fully saturated rings. The topological polar surface area (TPSA) is 130 Å². The average Bonchev–Trinajstić information content (AvgIpc) is 3.61. The summed E-state index contributed by atoms with van der Waals surface area (Å²) < 4.78 is 11.8. The van der Waals surface area contributed by atoms with Crippen LogP contribution in [0.4, 0.5) is 0 Å². The molecule has 1 aliphatic rings. The van der Waals surface area contributed by atoms with Crippen LogP contribution >= 0.6 is 0 Å². The van der Waals surface area contributed by atoms with Crippen molar-refractivity contribution in [3.63, 3.8) is 0 Å². The number of rotatable bonds is 13. The Labute approximate surface area is 316 Å². The number of fused-ring (bicyclic) bond motifs is 1. The Balaban J connectivity index is 1.11. The van der Waals surface area contributed by atoms with Crippen LogP contribution in [0.5, 0.6) is 5.75 Å². The number of aromatic amines is 1. The van der Waals surface area contributed by atoms with Crippen molar-refractivity contribution < 1.29 is 29.0 Å². The first-order valence-corrected chi connectivity index (χ1v) is 18.8. The molecule has 0 spiro atoms. The lowest BCUT2D eigenvalue weighted by Gasteiger charge is -2.24. The van der Waals surface area contributed by atoms with E-state index in [1.54, 1.807) is 0 Å². The molecule has 6 rings (SSSR count). The number of allylic oxidation sites excluding steroid dienone is 2. The van der Waals surface area contributed by atoms with Gasteiger partial charge in [-0.1, -0.05) is 103 Å². The SMILES string of the molecule is O=C(C[C@H]1CC=CCC[C@H](Cc2ccccc2)C(=O)OC[C@H](Cc2c[nH]c3ccccc23)NC1=O)N[C@H](CO)Cc1ccc(OCc2ccccc2)cc1. The maximum Gasteiger partial charge on any atom is 0.309 e. The first-order chi connectivity index (χ1) is 26.4. The molecule has 9 nitrogen and oxygen atoms in total. The molecule has 1 aliphatic heterocycles. The summed E-state index contributed by atoms with van der Waals surface area (Å²) in [6.45, 7) is 0.213. The second-order valence-corrected chi connectivity index (χ2v) is 14.0. The van der Waals surface area contributed by atoms with Gasteiger partial charge in [0.2, 0.25) is 11.8 Å². The molecule has 9 heteroatoms. The van der Waals surface area contributed by atoms with Crippen LogP contribution in [0.15, 0.2) is 128 Å². The van der Waals surface area contributed by atoms with Crippen molar-refractivity contribution in [2.45, 2.75) is 63.6 Å². The number of benzene rings is 4. The van der Waals surface area contributed by atoms with Gasteiger partial charge >= 0.3 is 5.97 Å². The third kappa shape index (κ3) is 11.2. The molecule has 4 atom stereocenters. The van der Waals surface area contributed by atoms with Crippen LogP contribution in [0.3, 0.4) is 0 Å². The van der Waals surface area contributed by atoms with Crippen LogP contribution in [0, 0.1) is 11.8 Å². The number of aromatic nitrogens is 1. The van der Waals surface area contributed by atoms with Crippen molar-refractivity contribution in [2.75, 3.05) is 13.2 Å². The molecule has 4 aromatic carbocycles. The highest BCUT2D eigenvalue weighted by Crippen LogP contribution is 2.23. The Hall–Kier alpha value is -5.67. The molecule has 5 aromatic rings. The van der Waals surface area contributed by atoms with Crippen molar-refractivity contribution in [1.82, 2.24) is 15.6 Å². The molecule has 2 amide bonds. The third-order valence-electron chi connectivity index (χ3n) is 9.88. The summed E-state index contributed by atoms with van der Waals surface area (Å²) in [7, 11) is 0. The Morgan fingerprint density at radius 3 is 2.31 bits per heavy atom. The largest absolute Gasteiger partial charge is 0.489 e. The minimum Gasteiger partial charge on any atom is -0.489 e. The van der Waals surface area contributed by atoms with E-state index < -0.39 is 18.0 Å². The van der Waals surface area contributed by atoms with Gasteiger partial charge < -0.3 is 30.2 Å². The second-order valence-electron chi connectivity index (χ2n) is 14.0. The van der Waals surface area contributed by atoms with E-state index >= 15 is 0 Å². The molecule has 1 aromatic heterocycles. The van der Waals surface area contributed by atoms with Gasteiger partial charge in [-0.2, -0.15) is 0 Å². The number of carbonyl (C=O) groups is 3. The predicted molar refractivity (Wildman–Crippen MR) is 210 cm³/mol. The molecule has 2 heterocycles. The van der Waals surface area contributed by atoms with Gasteiger partial charge in [0, 0.05) is 23.5 Å². The summed E-state index contributed by atoms with van der Waals surface area (Å²) in [4.78, 5) is 44.2. The van der Waals surface area contributed by atoms with E-state index in [0.717, 1.165) is 38.9 Å². The maximum atomic E-state index is 13.9. The number of nitrogens with one attached hydrogen (secondary N) is 3. The zero-order valence-electron chi connectivity index (χ0n) is 30.5. The van der Waals surface area contributed by atoms with E-state index in [2.05, 4.69) is 15.6 Å². The lowest BCUT2D eigenvalue weighted by molar-refractivity contribution is -0.150. The summed E-state index contributed by atoms with van der Waals surface area (Å²) in [5, 5.41) is 17.3. The summed E-state index contributed by atoms with van der Waals surface area (Å²) in [6, 6.07) is 34.3. The fraction of sp³-hybridized carbons (Fsp3) is 0.311. The molecule has 0 aliphatic carbocycles. The van der Waals surface area contributed by atoms with Gasteiger partial charge in [-0.3, -0.25) is 14.4 Å². The number of aliphatic hydroxyl groups is 1. The molecule has 0 unspecified atom stereocenters. The number of para-hydroxylation sites is 1. The zero-order chi connectivity index (χ0) is 37.5. The monoisotopic (exact) mass is 727 g/mol. The highest BCUT2D eigenvalue weighted by atomic mass is 16.5. The Bertz CT molecular complexity index is 1980. The Kier molecular flexibility index (Phi) is 13.7. The normalized spacial score (nSPS) is 18.7. The number of hydrogen-bond acceptors (Lipinski definition) is 6. The van der Waals surface area contributed by atoms with E-state index in [9.17, 15) is 19.5 Å². The first kappa shape index (κ1) is 38.1. The Morgan fingerprint density at radius 1 is 0.833 bits per heavy atom. The van der Waals surface area contributed by atoms with E-state index in [0.29, 0.717) is 45.1 Å². The van der Waals surface area contributed by atoms with Gasteiger partial charge in [-0.25, -0.2) is 0 Å². The molecule has 0 saturated heterocycles. The van der Waals surface area contributed by atoms with E-state index in [1.807, 2.05) is 128 Å². The number of H-pyrrole nitrogens is 1. The molecule has 0 bridgehead atoms. The van der Waals surface area contributed by atoms with Gasteiger partial charge in [0.25, 0.3) is 0 Å². The molecule has 4 N–H and O–H groups in total. The number of esters is 1. The van der Waals surface area contributed by atoms with E-state index in [1.165, 1.54) is 0 Å². The highest BCUT2D eigenvalue weighted by molar-refractivity contribution is 5.87. The molecule has 280 valence electrons. The standard InChI is InChI=1S/C45H49N3O6/c49-29-38(25-33-20-22-40(23-21-33)53-30-34-14-6-2-7-15-34)47-43(50)27-35-16-8-3-9-17-36(24-32-12-4-1-5-13-32)45(52)54-31-39(48-44(35)51)26-37-28-46-42-19-11-10-18-41(37)42/h1-8,10-15,18-23,28,35-36,38-39,46,49H,9,16-17,24-27,29-31H2,(H,47,50)(H,48,51)/t35-,36-,38+,39+/m1/s1. The number of ether oxygens (including phenoxy) is 2. The fourth-order valence-corrected chi connectivity index (χ4v) is 6.92. The molecular formula is C45H49N3O6. The van der Waals surface area contributed by atoms with Gasteiger partial charge in [-0.05, 0) is 79.0 Å².